The molecule has 0 amide bonds. The molecule has 1 aliphatic carbocycles. The van der Waals surface area contributed by atoms with Crippen molar-refractivity contribution in [2.24, 2.45) is 0 Å². The summed E-state index contributed by atoms with van der Waals surface area (Å²) < 4.78 is 0. The van der Waals surface area contributed by atoms with E-state index < -0.39 is 0 Å². The number of para-hydroxylation sites is 4. The molecule has 0 heterocycles. The van der Waals surface area contributed by atoms with Crippen LogP contribution in [0.15, 0.2) is 231 Å². The molecule has 0 unspecified atom stereocenters. The monoisotopic (exact) mass is 738 g/mol. The lowest BCUT2D eigenvalue weighted by molar-refractivity contribution is 1.29. The van der Waals surface area contributed by atoms with Crippen LogP contribution in [-0.4, -0.2) is 0 Å². The van der Waals surface area contributed by atoms with E-state index in [4.69, 9.17) is 0 Å². The summed E-state index contributed by atoms with van der Waals surface area (Å²) in [6.45, 7) is 0. The summed E-state index contributed by atoms with van der Waals surface area (Å²) in [6.07, 6.45) is 0. The highest BCUT2D eigenvalue weighted by atomic mass is 15.1. The fourth-order valence-electron chi connectivity index (χ4n) is 8.75. The van der Waals surface area contributed by atoms with Crippen LogP contribution >= 0.6 is 0 Å². The first-order valence-corrected chi connectivity index (χ1v) is 19.9. The summed E-state index contributed by atoms with van der Waals surface area (Å²) >= 11 is 0. The van der Waals surface area contributed by atoms with Gasteiger partial charge in [0, 0.05) is 33.9 Å². The second-order valence-corrected chi connectivity index (χ2v) is 15.0. The Hall–Kier alpha value is -7.68. The maximum Gasteiger partial charge on any atom is 0.0540 e. The van der Waals surface area contributed by atoms with Gasteiger partial charge in [-0.15, -0.1) is 0 Å². The largest absolute Gasteiger partial charge is 0.310 e. The third-order valence-electron chi connectivity index (χ3n) is 11.5. The average Bonchev–Trinajstić information content (AvgIpc) is 3.30. The van der Waals surface area contributed by atoms with Crippen LogP contribution in [0.4, 0.5) is 34.1 Å². The summed E-state index contributed by atoms with van der Waals surface area (Å²) in [5.41, 5.74) is 16.8. The molecule has 0 saturated heterocycles. The molecule has 2 nitrogen and oxygen atoms in total. The molecular formula is C56H38N2. The van der Waals surface area contributed by atoms with Crippen LogP contribution in [0.25, 0.3) is 66.1 Å². The van der Waals surface area contributed by atoms with Gasteiger partial charge in [-0.3, -0.25) is 0 Å². The second kappa shape index (κ2) is 14.1. The van der Waals surface area contributed by atoms with Crippen LogP contribution < -0.4 is 9.80 Å². The van der Waals surface area contributed by atoms with Gasteiger partial charge in [0.15, 0.2) is 0 Å². The van der Waals surface area contributed by atoms with E-state index in [1.165, 1.54) is 66.1 Å². The van der Waals surface area contributed by atoms with Crippen molar-refractivity contribution in [3.63, 3.8) is 0 Å². The number of hydrogen-bond donors (Lipinski definition) is 0. The normalized spacial score (nSPS) is 11.4. The van der Waals surface area contributed by atoms with Crippen LogP contribution in [0, 0.1) is 0 Å². The third kappa shape index (κ3) is 5.82. The Bertz CT molecular complexity index is 2870. The van der Waals surface area contributed by atoms with Crippen molar-refractivity contribution in [3.05, 3.63) is 231 Å². The van der Waals surface area contributed by atoms with Gasteiger partial charge in [0.05, 0.1) is 11.4 Å². The number of nitrogens with zero attached hydrogens (tertiary/aromatic N) is 2. The molecule has 1 aliphatic rings. The Morgan fingerprint density at radius 2 is 0.534 bits per heavy atom. The van der Waals surface area contributed by atoms with E-state index in [9.17, 15) is 0 Å². The number of hydrogen-bond acceptors (Lipinski definition) is 2. The SMILES string of the molecule is c1ccc(-c2ccccc2N(c2ccccc2)c2ccc3cc4c(cc3c2)-c2cc3ccc(N(c5ccccc5)c5ccccc5-c5ccccc5)cc3cc2-4)cc1. The highest BCUT2D eigenvalue weighted by Gasteiger charge is 2.25. The molecule has 0 saturated carbocycles. The number of rotatable bonds is 8. The van der Waals surface area contributed by atoms with Crippen molar-refractivity contribution in [2.45, 2.75) is 0 Å². The van der Waals surface area contributed by atoms with Gasteiger partial charge in [-0.25, -0.2) is 0 Å². The minimum absolute atomic E-state index is 1.12. The molecule has 2 heteroatoms. The maximum absolute atomic E-state index is 2.39. The Morgan fingerprint density at radius 1 is 0.207 bits per heavy atom. The smallest absolute Gasteiger partial charge is 0.0540 e. The van der Waals surface area contributed by atoms with Crippen molar-refractivity contribution in [3.8, 4) is 44.5 Å². The summed E-state index contributed by atoms with van der Waals surface area (Å²) in [6, 6.07) is 83.5. The summed E-state index contributed by atoms with van der Waals surface area (Å²) in [7, 11) is 0. The highest BCUT2D eigenvalue weighted by molar-refractivity contribution is 6.12. The summed E-state index contributed by atoms with van der Waals surface area (Å²) in [5, 5.41) is 4.93. The minimum Gasteiger partial charge on any atom is -0.310 e. The lowest BCUT2D eigenvalue weighted by Gasteiger charge is -2.30. The van der Waals surface area contributed by atoms with Crippen LogP contribution in [0.3, 0.4) is 0 Å². The second-order valence-electron chi connectivity index (χ2n) is 15.0. The standard InChI is InChI=1S/C56H38N2/c1-5-17-39(18-6-1)49-25-13-15-27-55(49)57(45-21-9-3-10-22-45)47-31-29-41-35-51-53(37-43(41)33-47)52-36-42-30-32-48(34-44(42)38-54(51)52)58(46-23-11-4-12-24-46)56-28-16-14-26-50(56)40-19-7-2-8-20-40/h1-38H. The fourth-order valence-corrected chi connectivity index (χ4v) is 8.75. The number of fused-ring (bicyclic) bond motifs is 6. The van der Waals surface area contributed by atoms with Crippen LogP contribution in [-0.2, 0) is 0 Å². The predicted molar refractivity (Wildman–Crippen MR) is 246 cm³/mol. The molecule has 10 aromatic carbocycles. The number of anilines is 6. The molecule has 10 aromatic rings. The molecule has 272 valence electrons. The predicted octanol–water partition coefficient (Wildman–Crippen LogP) is 15.9. The molecule has 11 rings (SSSR count). The van der Waals surface area contributed by atoms with Crippen molar-refractivity contribution < 1.29 is 0 Å². The number of benzene rings is 10. The Balaban J connectivity index is 0.992. The zero-order valence-electron chi connectivity index (χ0n) is 31.8. The first-order chi connectivity index (χ1) is 28.8. The van der Waals surface area contributed by atoms with E-state index in [0.29, 0.717) is 0 Å². The van der Waals surface area contributed by atoms with Crippen molar-refractivity contribution in [2.75, 3.05) is 9.80 Å². The zero-order valence-corrected chi connectivity index (χ0v) is 31.8. The van der Waals surface area contributed by atoms with Gasteiger partial charge in [-0.2, -0.15) is 0 Å². The van der Waals surface area contributed by atoms with E-state index >= 15 is 0 Å². The Labute approximate surface area is 339 Å². The van der Waals surface area contributed by atoms with Crippen LogP contribution in [0.5, 0.6) is 0 Å². The van der Waals surface area contributed by atoms with Gasteiger partial charge in [0.25, 0.3) is 0 Å². The van der Waals surface area contributed by atoms with Gasteiger partial charge in [-0.1, -0.05) is 146 Å². The topological polar surface area (TPSA) is 6.48 Å². The minimum atomic E-state index is 1.12. The molecule has 0 bridgehead atoms. The average molecular weight is 739 g/mol. The third-order valence-corrected chi connectivity index (χ3v) is 11.5. The highest BCUT2D eigenvalue weighted by Crippen LogP contribution is 2.52. The molecule has 0 atom stereocenters. The molecular weight excluding hydrogens is 701 g/mol. The van der Waals surface area contributed by atoms with E-state index in [1.54, 1.807) is 0 Å². The lowest BCUT2D eigenvalue weighted by Crippen LogP contribution is -2.11. The van der Waals surface area contributed by atoms with Crippen molar-refractivity contribution in [1.82, 2.24) is 0 Å². The maximum atomic E-state index is 2.39. The molecule has 0 aromatic heterocycles. The molecule has 0 N–H and O–H groups in total. The zero-order chi connectivity index (χ0) is 38.4. The van der Waals surface area contributed by atoms with Gasteiger partial charge in [0.1, 0.15) is 0 Å². The van der Waals surface area contributed by atoms with Crippen molar-refractivity contribution in [1.29, 1.82) is 0 Å². The molecule has 0 radical (unpaired) electrons. The van der Waals surface area contributed by atoms with Crippen LogP contribution in [0.2, 0.25) is 0 Å². The van der Waals surface area contributed by atoms with Gasteiger partial charge >= 0.3 is 0 Å². The van der Waals surface area contributed by atoms with Crippen LogP contribution in [0.1, 0.15) is 0 Å². The first kappa shape index (κ1) is 33.6. The summed E-state index contributed by atoms with van der Waals surface area (Å²) in [5.74, 6) is 0. The molecule has 0 fully saturated rings. The van der Waals surface area contributed by atoms with E-state index in [1.807, 2.05) is 0 Å². The van der Waals surface area contributed by atoms with E-state index in [2.05, 4.69) is 240 Å². The Morgan fingerprint density at radius 3 is 0.931 bits per heavy atom. The fraction of sp³-hybridized carbons (Fsp3) is 0. The van der Waals surface area contributed by atoms with E-state index in [-0.39, 0.29) is 0 Å². The Kier molecular flexibility index (Phi) is 8.19. The van der Waals surface area contributed by atoms with Gasteiger partial charge in [0.2, 0.25) is 0 Å². The van der Waals surface area contributed by atoms with Gasteiger partial charge < -0.3 is 9.80 Å². The lowest BCUT2D eigenvalue weighted by atomic mass is 9.78. The van der Waals surface area contributed by atoms with Gasteiger partial charge in [-0.05, 0) is 140 Å². The quantitative estimate of drug-likeness (QED) is 0.153. The van der Waals surface area contributed by atoms with E-state index in [0.717, 1.165) is 34.1 Å². The first-order valence-electron chi connectivity index (χ1n) is 19.9. The molecule has 58 heavy (non-hydrogen) atoms. The molecule has 0 spiro atoms. The molecule has 0 aliphatic heterocycles. The summed E-state index contributed by atoms with van der Waals surface area (Å²) in [4.78, 5) is 4.77. The van der Waals surface area contributed by atoms with Crippen molar-refractivity contribution >= 4 is 55.7 Å².